The van der Waals surface area contributed by atoms with Crippen molar-refractivity contribution in [1.29, 1.82) is 0 Å². The highest BCUT2D eigenvalue weighted by atomic mass is 79.9. The second-order valence-corrected chi connectivity index (χ2v) is 5.54. The van der Waals surface area contributed by atoms with Gasteiger partial charge in [-0.3, -0.25) is 10.6 Å². The molecule has 0 fully saturated rings. The second-order valence-electron chi connectivity index (χ2n) is 4.25. The largest absolute Gasteiger partial charge is 0.324 e. The van der Waals surface area contributed by atoms with Gasteiger partial charge in [-0.25, -0.2) is 0 Å². The maximum absolute atomic E-state index is 12.3. The quantitative estimate of drug-likeness (QED) is 0.577. The van der Waals surface area contributed by atoms with Crippen LogP contribution in [0.1, 0.15) is 15.9 Å². The number of nitrogens with two attached hydrogens (primary N) is 1. The number of rotatable bonds is 3. The molecule has 0 saturated heterocycles. The van der Waals surface area contributed by atoms with Crippen molar-refractivity contribution in [2.45, 2.75) is 6.92 Å². The van der Waals surface area contributed by atoms with Crippen molar-refractivity contribution in [3.05, 3.63) is 57.0 Å². The van der Waals surface area contributed by atoms with Crippen LogP contribution in [0.15, 0.2) is 40.9 Å². The van der Waals surface area contributed by atoms with Crippen molar-refractivity contribution in [3.63, 3.8) is 0 Å². The number of nitrogen functional groups attached to an aromatic ring is 1. The highest BCUT2D eigenvalue weighted by molar-refractivity contribution is 9.10. The first-order chi connectivity index (χ1) is 9.51. The first kappa shape index (κ1) is 14.8. The molecule has 2 aromatic rings. The number of hydrogen-bond acceptors (Lipinski definition) is 3. The summed E-state index contributed by atoms with van der Waals surface area (Å²) >= 11 is 9.30. The van der Waals surface area contributed by atoms with E-state index in [1.165, 1.54) is 0 Å². The molecule has 4 nitrogen and oxygen atoms in total. The van der Waals surface area contributed by atoms with Crippen LogP contribution in [0.2, 0.25) is 5.02 Å². The zero-order valence-corrected chi connectivity index (χ0v) is 13.0. The Morgan fingerprint density at radius 2 is 2.00 bits per heavy atom. The number of hydrogen-bond donors (Lipinski definition) is 3. The van der Waals surface area contributed by atoms with Crippen molar-refractivity contribution in [3.8, 4) is 0 Å². The molecule has 0 bridgehead atoms. The zero-order valence-electron chi connectivity index (χ0n) is 10.7. The Hall–Kier alpha value is -1.56. The van der Waals surface area contributed by atoms with Gasteiger partial charge in [-0.2, -0.15) is 0 Å². The Morgan fingerprint density at radius 1 is 1.25 bits per heavy atom. The average Bonchev–Trinajstić information content (AvgIpc) is 2.42. The van der Waals surface area contributed by atoms with Gasteiger partial charge in [0.25, 0.3) is 5.91 Å². The van der Waals surface area contributed by atoms with Crippen molar-refractivity contribution in [2.24, 2.45) is 5.84 Å². The van der Waals surface area contributed by atoms with Crippen LogP contribution in [-0.4, -0.2) is 5.91 Å². The third-order valence-corrected chi connectivity index (χ3v) is 3.74. The molecule has 0 atom stereocenters. The van der Waals surface area contributed by atoms with Crippen LogP contribution in [0.25, 0.3) is 0 Å². The SMILES string of the molecule is Cc1cc(NN)ccc1C(=O)Nc1cc(Cl)ccc1Br. The van der Waals surface area contributed by atoms with E-state index in [2.05, 4.69) is 26.7 Å². The topological polar surface area (TPSA) is 67.1 Å². The molecule has 104 valence electrons. The minimum atomic E-state index is -0.200. The monoisotopic (exact) mass is 353 g/mol. The van der Waals surface area contributed by atoms with E-state index in [4.69, 9.17) is 17.4 Å². The molecule has 0 aliphatic rings. The van der Waals surface area contributed by atoms with Gasteiger partial charge < -0.3 is 10.7 Å². The number of benzene rings is 2. The molecule has 1 amide bonds. The highest BCUT2D eigenvalue weighted by Crippen LogP contribution is 2.26. The van der Waals surface area contributed by atoms with E-state index >= 15 is 0 Å². The number of anilines is 2. The van der Waals surface area contributed by atoms with E-state index in [0.29, 0.717) is 16.3 Å². The van der Waals surface area contributed by atoms with Gasteiger partial charge in [-0.15, -0.1) is 0 Å². The fraction of sp³-hybridized carbons (Fsp3) is 0.0714. The smallest absolute Gasteiger partial charge is 0.255 e. The molecule has 0 unspecified atom stereocenters. The number of amides is 1. The Kier molecular flexibility index (Phi) is 4.65. The summed E-state index contributed by atoms with van der Waals surface area (Å²) in [5.74, 6) is 5.13. The van der Waals surface area contributed by atoms with Crippen LogP contribution >= 0.6 is 27.5 Å². The molecule has 0 saturated carbocycles. The van der Waals surface area contributed by atoms with Gasteiger partial charge in [0, 0.05) is 20.7 Å². The Bertz CT molecular complexity index is 661. The van der Waals surface area contributed by atoms with Crippen LogP contribution in [0, 0.1) is 6.92 Å². The summed E-state index contributed by atoms with van der Waals surface area (Å²) in [4.78, 5) is 12.3. The molecule has 0 aliphatic heterocycles. The molecule has 0 spiro atoms. The molecule has 0 aromatic heterocycles. The molecule has 6 heteroatoms. The van der Waals surface area contributed by atoms with Gasteiger partial charge >= 0.3 is 0 Å². The minimum absolute atomic E-state index is 0.200. The van der Waals surface area contributed by atoms with Crippen LogP contribution in [0.4, 0.5) is 11.4 Å². The number of hydrazine groups is 1. The maximum Gasteiger partial charge on any atom is 0.255 e. The summed E-state index contributed by atoms with van der Waals surface area (Å²) in [6.07, 6.45) is 0. The predicted molar refractivity (Wildman–Crippen MR) is 86.1 cm³/mol. The van der Waals surface area contributed by atoms with Crippen molar-refractivity contribution >= 4 is 44.8 Å². The lowest BCUT2D eigenvalue weighted by atomic mass is 10.1. The van der Waals surface area contributed by atoms with Gasteiger partial charge in [0.2, 0.25) is 0 Å². The lowest BCUT2D eigenvalue weighted by Crippen LogP contribution is -2.14. The summed E-state index contributed by atoms with van der Waals surface area (Å²) in [6, 6.07) is 10.5. The maximum atomic E-state index is 12.3. The van der Waals surface area contributed by atoms with Gasteiger partial charge in [-0.05, 0) is 64.8 Å². The zero-order chi connectivity index (χ0) is 14.7. The Balaban J connectivity index is 2.26. The lowest BCUT2D eigenvalue weighted by molar-refractivity contribution is 0.102. The number of carbonyl (C=O) groups is 1. The fourth-order valence-corrected chi connectivity index (χ4v) is 2.31. The molecule has 0 aliphatic carbocycles. The number of halogens is 2. The molecular formula is C14H13BrClN3O. The van der Waals surface area contributed by atoms with Crippen LogP contribution in [-0.2, 0) is 0 Å². The summed E-state index contributed by atoms with van der Waals surface area (Å²) in [6.45, 7) is 1.85. The van der Waals surface area contributed by atoms with Crippen molar-refractivity contribution in [1.82, 2.24) is 0 Å². The highest BCUT2D eigenvalue weighted by Gasteiger charge is 2.11. The summed E-state index contributed by atoms with van der Waals surface area (Å²) in [7, 11) is 0. The summed E-state index contributed by atoms with van der Waals surface area (Å²) < 4.78 is 0.771. The van der Waals surface area contributed by atoms with Crippen LogP contribution < -0.4 is 16.6 Å². The van der Waals surface area contributed by atoms with Crippen molar-refractivity contribution < 1.29 is 4.79 Å². The van der Waals surface area contributed by atoms with Gasteiger partial charge in [0.1, 0.15) is 0 Å². The molecule has 0 radical (unpaired) electrons. The third-order valence-electron chi connectivity index (χ3n) is 2.81. The first-order valence-corrected chi connectivity index (χ1v) is 7.02. The Morgan fingerprint density at radius 3 is 2.65 bits per heavy atom. The number of carbonyl (C=O) groups excluding carboxylic acids is 1. The molecule has 0 heterocycles. The normalized spacial score (nSPS) is 10.2. The first-order valence-electron chi connectivity index (χ1n) is 5.85. The van der Waals surface area contributed by atoms with Crippen molar-refractivity contribution in [2.75, 3.05) is 10.7 Å². The van der Waals surface area contributed by atoms with E-state index in [1.54, 1.807) is 30.3 Å². The number of nitrogens with one attached hydrogen (secondary N) is 2. The fourth-order valence-electron chi connectivity index (χ4n) is 1.79. The van der Waals surface area contributed by atoms with Crippen LogP contribution in [0.3, 0.4) is 0 Å². The average molecular weight is 355 g/mol. The van der Waals surface area contributed by atoms with Crippen LogP contribution in [0.5, 0.6) is 0 Å². The van der Waals surface area contributed by atoms with Gasteiger partial charge in [0.15, 0.2) is 0 Å². The standard InChI is InChI=1S/C14H13BrClN3O/c1-8-6-10(19-17)3-4-11(8)14(20)18-13-7-9(16)2-5-12(13)15/h2-7,19H,17H2,1H3,(H,18,20). The molecular weight excluding hydrogens is 342 g/mol. The van der Waals surface area contributed by atoms with E-state index in [1.807, 2.05) is 13.0 Å². The van der Waals surface area contributed by atoms with E-state index in [9.17, 15) is 4.79 Å². The van der Waals surface area contributed by atoms with Gasteiger partial charge in [-0.1, -0.05) is 11.6 Å². The third kappa shape index (κ3) is 3.30. The predicted octanol–water partition coefficient (Wildman–Crippen LogP) is 3.95. The minimum Gasteiger partial charge on any atom is -0.324 e. The number of aryl methyl sites for hydroxylation is 1. The summed E-state index contributed by atoms with van der Waals surface area (Å²) in [5, 5.41) is 3.38. The summed E-state index contributed by atoms with van der Waals surface area (Å²) in [5.41, 5.74) is 5.33. The molecule has 20 heavy (non-hydrogen) atoms. The molecule has 2 aromatic carbocycles. The molecule has 2 rings (SSSR count). The second kappa shape index (κ2) is 6.26. The van der Waals surface area contributed by atoms with E-state index < -0.39 is 0 Å². The molecule has 4 N–H and O–H groups in total. The lowest BCUT2D eigenvalue weighted by Gasteiger charge is -2.11. The Labute approximate surface area is 130 Å². The van der Waals surface area contributed by atoms with E-state index in [0.717, 1.165) is 15.7 Å². The van der Waals surface area contributed by atoms with E-state index in [-0.39, 0.29) is 5.91 Å². The van der Waals surface area contributed by atoms with Gasteiger partial charge in [0.05, 0.1) is 5.69 Å².